The number of ether oxygens (including phenoxy) is 1. The van der Waals surface area contributed by atoms with Gasteiger partial charge in [0.1, 0.15) is 5.75 Å². The third-order valence-corrected chi connectivity index (χ3v) is 6.26. The molecule has 10 nitrogen and oxygen atoms in total. The molecule has 4 amide bonds. The number of aryl methyl sites for hydroxylation is 2. The number of benzene rings is 2. The summed E-state index contributed by atoms with van der Waals surface area (Å²) >= 11 is 0. The van der Waals surface area contributed by atoms with Gasteiger partial charge in [0.15, 0.2) is 0 Å². The standard InChI is InChI=1S/C26H35BN4O6/c1-5-28-26(34)31-9-7-6-8-20(15-31)29-24(32)18-12-19(27(35)36)14-21(13-18)30-25(33)22-11-16(2)10-17(3)23(22)37-4/h10-14,20,35-36H,5-9,15H2,1-4H3,(H,28,34)(H,29,32)(H,30,33). The Hall–Kier alpha value is -3.57. The van der Waals surface area contributed by atoms with E-state index in [1.165, 1.54) is 25.3 Å². The van der Waals surface area contributed by atoms with Gasteiger partial charge in [-0.2, -0.15) is 0 Å². The van der Waals surface area contributed by atoms with Crippen LogP contribution in [0, 0.1) is 13.8 Å². The largest absolute Gasteiger partial charge is 0.496 e. The minimum Gasteiger partial charge on any atom is -0.496 e. The van der Waals surface area contributed by atoms with Crippen molar-refractivity contribution in [2.45, 2.75) is 46.1 Å². The molecule has 1 unspecified atom stereocenters. The number of hydrogen-bond donors (Lipinski definition) is 5. The highest BCUT2D eigenvalue weighted by Crippen LogP contribution is 2.26. The number of carbonyl (C=O) groups is 3. The normalized spacial score (nSPS) is 15.4. The molecule has 2 aromatic carbocycles. The molecule has 0 bridgehead atoms. The topological polar surface area (TPSA) is 140 Å². The summed E-state index contributed by atoms with van der Waals surface area (Å²) in [5, 5.41) is 28.1. The number of likely N-dealkylation sites (tertiary alicyclic amines) is 1. The molecule has 0 spiro atoms. The Kier molecular flexibility index (Phi) is 9.54. The maximum absolute atomic E-state index is 13.2. The minimum atomic E-state index is -1.84. The number of hydrogen-bond acceptors (Lipinski definition) is 6. The van der Waals surface area contributed by atoms with Crippen molar-refractivity contribution in [1.29, 1.82) is 0 Å². The fourth-order valence-corrected chi connectivity index (χ4v) is 4.57. The first-order valence-corrected chi connectivity index (χ1v) is 12.4. The molecule has 2 aromatic rings. The molecular formula is C26H35BN4O6. The molecule has 5 N–H and O–H groups in total. The number of carbonyl (C=O) groups excluding carboxylic acids is 3. The van der Waals surface area contributed by atoms with Crippen LogP contribution in [0.4, 0.5) is 10.5 Å². The fraction of sp³-hybridized carbons (Fsp3) is 0.423. The van der Waals surface area contributed by atoms with Crippen LogP contribution in [-0.2, 0) is 0 Å². The van der Waals surface area contributed by atoms with Crippen molar-refractivity contribution in [3.05, 3.63) is 52.6 Å². The van der Waals surface area contributed by atoms with E-state index in [-0.39, 0.29) is 28.8 Å². The number of methoxy groups -OCH3 is 1. The molecule has 0 radical (unpaired) electrons. The van der Waals surface area contributed by atoms with Crippen LogP contribution in [0.25, 0.3) is 0 Å². The van der Waals surface area contributed by atoms with Gasteiger partial charge >= 0.3 is 13.1 Å². The van der Waals surface area contributed by atoms with E-state index >= 15 is 0 Å². The first-order chi connectivity index (χ1) is 17.6. The summed E-state index contributed by atoms with van der Waals surface area (Å²) in [4.78, 5) is 40.3. The van der Waals surface area contributed by atoms with E-state index < -0.39 is 18.9 Å². The number of anilines is 1. The second-order valence-electron chi connectivity index (χ2n) is 9.28. The van der Waals surface area contributed by atoms with E-state index in [9.17, 15) is 24.4 Å². The molecule has 1 atom stereocenters. The van der Waals surface area contributed by atoms with Crippen molar-refractivity contribution in [2.24, 2.45) is 0 Å². The summed E-state index contributed by atoms with van der Waals surface area (Å²) < 4.78 is 5.41. The van der Waals surface area contributed by atoms with Crippen molar-refractivity contribution in [3.8, 4) is 5.75 Å². The predicted molar refractivity (Wildman–Crippen MR) is 142 cm³/mol. The highest BCUT2D eigenvalue weighted by atomic mass is 16.5. The van der Waals surface area contributed by atoms with E-state index in [4.69, 9.17) is 4.74 Å². The zero-order chi connectivity index (χ0) is 27.1. The monoisotopic (exact) mass is 510 g/mol. The highest BCUT2D eigenvalue weighted by Gasteiger charge is 2.25. The van der Waals surface area contributed by atoms with Crippen LogP contribution in [0.2, 0.25) is 0 Å². The molecule has 3 rings (SSSR count). The Bertz CT molecular complexity index is 1160. The molecule has 1 aliphatic rings. The molecule has 198 valence electrons. The number of urea groups is 1. The van der Waals surface area contributed by atoms with Gasteiger partial charge < -0.3 is 35.6 Å². The van der Waals surface area contributed by atoms with E-state index in [1.807, 2.05) is 26.8 Å². The van der Waals surface area contributed by atoms with Gasteiger partial charge in [-0.25, -0.2) is 4.79 Å². The Morgan fingerprint density at radius 2 is 1.84 bits per heavy atom. The lowest BCUT2D eigenvalue weighted by Crippen LogP contribution is -2.48. The molecule has 0 aliphatic carbocycles. The quantitative estimate of drug-likeness (QED) is 0.358. The van der Waals surface area contributed by atoms with E-state index in [0.29, 0.717) is 37.4 Å². The minimum absolute atomic E-state index is 0.0557. The third kappa shape index (κ3) is 7.24. The smallest absolute Gasteiger partial charge is 0.488 e. The van der Waals surface area contributed by atoms with Crippen molar-refractivity contribution < 1.29 is 29.2 Å². The zero-order valence-corrected chi connectivity index (χ0v) is 21.8. The third-order valence-electron chi connectivity index (χ3n) is 6.26. The molecule has 1 fully saturated rings. The first-order valence-electron chi connectivity index (χ1n) is 12.4. The average molecular weight is 510 g/mol. The summed E-state index contributed by atoms with van der Waals surface area (Å²) in [6.07, 6.45) is 2.41. The zero-order valence-electron chi connectivity index (χ0n) is 21.8. The molecular weight excluding hydrogens is 475 g/mol. The van der Waals surface area contributed by atoms with Gasteiger partial charge in [0.25, 0.3) is 11.8 Å². The second kappa shape index (κ2) is 12.6. The Labute approximate surface area is 217 Å². The van der Waals surface area contributed by atoms with Gasteiger partial charge in [-0.3, -0.25) is 9.59 Å². The van der Waals surface area contributed by atoms with Gasteiger partial charge in [-0.1, -0.05) is 6.07 Å². The average Bonchev–Trinajstić information content (AvgIpc) is 3.09. The van der Waals surface area contributed by atoms with Crippen LogP contribution in [0.5, 0.6) is 5.75 Å². The van der Waals surface area contributed by atoms with Crippen LogP contribution < -0.4 is 26.2 Å². The molecule has 1 aliphatic heterocycles. The Balaban J connectivity index is 1.83. The van der Waals surface area contributed by atoms with Crippen molar-refractivity contribution in [3.63, 3.8) is 0 Å². The van der Waals surface area contributed by atoms with Crippen molar-refractivity contribution in [1.82, 2.24) is 15.5 Å². The van der Waals surface area contributed by atoms with Gasteiger partial charge in [0, 0.05) is 36.9 Å². The summed E-state index contributed by atoms with van der Waals surface area (Å²) in [6, 6.07) is 7.42. The fourth-order valence-electron chi connectivity index (χ4n) is 4.57. The van der Waals surface area contributed by atoms with Gasteiger partial charge in [0.05, 0.1) is 12.7 Å². The number of amides is 4. The second-order valence-corrected chi connectivity index (χ2v) is 9.28. The lowest BCUT2D eigenvalue weighted by molar-refractivity contribution is 0.0927. The molecule has 0 aromatic heterocycles. The Morgan fingerprint density at radius 3 is 2.51 bits per heavy atom. The van der Waals surface area contributed by atoms with Gasteiger partial charge in [-0.15, -0.1) is 0 Å². The lowest BCUT2D eigenvalue weighted by atomic mass is 9.79. The molecule has 11 heteroatoms. The van der Waals surface area contributed by atoms with Crippen LogP contribution in [0.15, 0.2) is 30.3 Å². The van der Waals surface area contributed by atoms with Crippen molar-refractivity contribution in [2.75, 3.05) is 32.1 Å². The number of nitrogens with one attached hydrogen (secondary N) is 3. The predicted octanol–water partition coefficient (Wildman–Crippen LogP) is 1.56. The van der Waals surface area contributed by atoms with Crippen LogP contribution in [-0.4, -0.2) is 72.7 Å². The summed E-state index contributed by atoms with van der Waals surface area (Å²) in [5.41, 5.74) is 2.45. The highest BCUT2D eigenvalue weighted by molar-refractivity contribution is 6.58. The molecule has 0 saturated carbocycles. The first kappa shape index (κ1) is 28.0. The summed E-state index contributed by atoms with van der Waals surface area (Å²) in [5.74, 6) is -0.463. The van der Waals surface area contributed by atoms with Crippen LogP contribution in [0.1, 0.15) is 58.0 Å². The Morgan fingerprint density at radius 1 is 1.08 bits per heavy atom. The number of rotatable bonds is 7. The summed E-state index contributed by atoms with van der Waals surface area (Å²) in [6.45, 7) is 7.07. The van der Waals surface area contributed by atoms with Gasteiger partial charge in [0.2, 0.25) is 0 Å². The summed E-state index contributed by atoms with van der Waals surface area (Å²) in [7, 11) is -0.356. The van der Waals surface area contributed by atoms with Gasteiger partial charge in [-0.05, 0) is 80.9 Å². The SMILES string of the molecule is CCNC(=O)N1CCCCC(NC(=O)c2cc(NC(=O)c3cc(C)cc(C)c3OC)cc(B(O)O)c2)C1. The van der Waals surface area contributed by atoms with E-state index in [0.717, 1.165) is 24.0 Å². The van der Waals surface area contributed by atoms with E-state index in [2.05, 4.69) is 16.0 Å². The van der Waals surface area contributed by atoms with Crippen molar-refractivity contribution >= 4 is 36.1 Å². The molecule has 1 saturated heterocycles. The maximum Gasteiger partial charge on any atom is 0.488 e. The van der Waals surface area contributed by atoms with E-state index in [1.54, 1.807) is 11.0 Å². The lowest BCUT2D eigenvalue weighted by Gasteiger charge is -2.25. The van der Waals surface area contributed by atoms with Crippen LogP contribution >= 0.6 is 0 Å². The maximum atomic E-state index is 13.2. The number of nitrogens with zero attached hydrogens (tertiary/aromatic N) is 1. The molecule has 1 heterocycles. The van der Waals surface area contributed by atoms with Crippen LogP contribution in [0.3, 0.4) is 0 Å². The molecule has 37 heavy (non-hydrogen) atoms.